The Balaban J connectivity index is 1.95. The number of benzene rings is 2. The van der Waals surface area contributed by atoms with Gasteiger partial charge >= 0.3 is 0 Å². The average Bonchev–Trinajstić information content (AvgIpc) is 2.47. The zero-order chi connectivity index (χ0) is 14.4. The fourth-order valence-corrected chi connectivity index (χ4v) is 1.79. The molecule has 0 unspecified atom stereocenters. The van der Waals surface area contributed by atoms with Gasteiger partial charge in [-0.05, 0) is 42.3 Å². The van der Waals surface area contributed by atoms with Crippen LogP contribution in [0.2, 0.25) is 0 Å². The van der Waals surface area contributed by atoms with Gasteiger partial charge in [-0.1, -0.05) is 32.0 Å². The average molecular weight is 268 g/mol. The van der Waals surface area contributed by atoms with E-state index in [1.807, 2.05) is 42.5 Å². The van der Waals surface area contributed by atoms with Crippen LogP contribution in [0.15, 0.2) is 54.6 Å². The van der Waals surface area contributed by atoms with Crippen LogP contribution in [0, 0.1) is 5.92 Å². The molecular formula is C17H20N2O. The standard InChI is InChI=1S/C17H20N2O/c1-13(2)12-18-15-8-10-16(11-9-15)19-17(20)14-6-4-3-5-7-14/h3-11,13,18H,12H2,1-2H3,(H,19,20). The van der Waals surface area contributed by atoms with Crippen molar-refractivity contribution in [1.29, 1.82) is 0 Å². The van der Waals surface area contributed by atoms with Crippen LogP contribution in [0.4, 0.5) is 11.4 Å². The molecule has 1 amide bonds. The summed E-state index contributed by atoms with van der Waals surface area (Å²) in [6.07, 6.45) is 0. The number of carbonyl (C=O) groups excluding carboxylic acids is 1. The number of carbonyl (C=O) groups is 1. The normalized spacial score (nSPS) is 10.3. The van der Waals surface area contributed by atoms with Crippen LogP contribution in [0.1, 0.15) is 24.2 Å². The second kappa shape index (κ2) is 6.75. The first-order chi connectivity index (χ1) is 9.65. The molecule has 0 bridgehead atoms. The molecule has 3 heteroatoms. The Bertz CT molecular complexity index is 547. The van der Waals surface area contributed by atoms with E-state index in [4.69, 9.17) is 0 Å². The van der Waals surface area contributed by atoms with Crippen LogP contribution in [-0.2, 0) is 0 Å². The SMILES string of the molecule is CC(C)CNc1ccc(NC(=O)c2ccccc2)cc1. The van der Waals surface area contributed by atoms with E-state index in [9.17, 15) is 4.79 Å². The van der Waals surface area contributed by atoms with Gasteiger partial charge in [-0.2, -0.15) is 0 Å². The van der Waals surface area contributed by atoms with Crippen LogP contribution in [-0.4, -0.2) is 12.5 Å². The van der Waals surface area contributed by atoms with Gasteiger partial charge in [0.25, 0.3) is 5.91 Å². The van der Waals surface area contributed by atoms with Crippen LogP contribution in [0.3, 0.4) is 0 Å². The number of amides is 1. The van der Waals surface area contributed by atoms with Gasteiger partial charge in [0.05, 0.1) is 0 Å². The first-order valence-electron chi connectivity index (χ1n) is 6.85. The molecule has 0 spiro atoms. The first kappa shape index (κ1) is 14.1. The summed E-state index contributed by atoms with van der Waals surface area (Å²) in [4.78, 5) is 12.0. The predicted molar refractivity (Wildman–Crippen MR) is 84.2 cm³/mol. The lowest BCUT2D eigenvalue weighted by molar-refractivity contribution is 0.102. The van der Waals surface area contributed by atoms with E-state index in [0.717, 1.165) is 17.9 Å². The molecule has 0 aliphatic rings. The summed E-state index contributed by atoms with van der Waals surface area (Å²) < 4.78 is 0. The van der Waals surface area contributed by atoms with Gasteiger partial charge < -0.3 is 10.6 Å². The van der Waals surface area contributed by atoms with Gasteiger partial charge in [0.1, 0.15) is 0 Å². The Morgan fingerprint density at radius 3 is 2.15 bits per heavy atom. The number of anilines is 2. The smallest absolute Gasteiger partial charge is 0.255 e. The lowest BCUT2D eigenvalue weighted by atomic mass is 10.2. The highest BCUT2D eigenvalue weighted by molar-refractivity contribution is 6.04. The Kier molecular flexibility index (Phi) is 4.77. The van der Waals surface area contributed by atoms with E-state index in [1.165, 1.54) is 0 Å². The summed E-state index contributed by atoms with van der Waals surface area (Å²) in [5.74, 6) is 0.515. The third-order valence-electron chi connectivity index (χ3n) is 2.89. The second-order valence-electron chi connectivity index (χ2n) is 5.17. The maximum absolute atomic E-state index is 12.0. The molecule has 2 aromatic carbocycles. The minimum Gasteiger partial charge on any atom is -0.385 e. The van der Waals surface area contributed by atoms with Crippen molar-refractivity contribution in [2.24, 2.45) is 5.92 Å². The van der Waals surface area contributed by atoms with E-state index in [0.29, 0.717) is 11.5 Å². The fourth-order valence-electron chi connectivity index (χ4n) is 1.79. The molecule has 0 aliphatic heterocycles. The molecule has 0 aliphatic carbocycles. The molecule has 2 aromatic rings. The van der Waals surface area contributed by atoms with Crippen molar-refractivity contribution >= 4 is 17.3 Å². The second-order valence-corrected chi connectivity index (χ2v) is 5.17. The van der Waals surface area contributed by atoms with Crippen molar-refractivity contribution in [3.8, 4) is 0 Å². The molecule has 20 heavy (non-hydrogen) atoms. The molecule has 0 heterocycles. The monoisotopic (exact) mass is 268 g/mol. The van der Waals surface area contributed by atoms with Crippen molar-refractivity contribution in [3.63, 3.8) is 0 Å². The lowest BCUT2D eigenvalue weighted by Gasteiger charge is -2.10. The summed E-state index contributed by atoms with van der Waals surface area (Å²) in [6, 6.07) is 17.0. The van der Waals surface area contributed by atoms with Gasteiger partial charge in [0.2, 0.25) is 0 Å². The van der Waals surface area contributed by atoms with Crippen LogP contribution in [0.5, 0.6) is 0 Å². The maximum atomic E-state index is 12.0. The van der Waals surface area contributed by atoms with Crippen molar-refractivity contribution in [1.82, 2.24) is 0 Å². The molecule has 104 valence electrons. The molecular weight excluding hydrogens is 248 g/mol. The molecule has 0 aromatic heterocycles. The highest BCUT2D eigenvalue weighted by atomic mass is 16.1. The van der Waals surface area contributed by atoms with E-state index in [-0.39, 0.29) is 5.91 Å². The van der Waals surface area contributed by atoms with Crippen molar-refractivity contribution in [3.05, 3.63) is 60.2 Å². The predicted octanol–water partition coefficient (Wildman–Crippen LogP) is 4.01. The number of hydrogen-bond donors (Lipinski definition) is 2. The first-order valence-corrected chi connectivity index (χ1v) is 6.85. The van der Waals surface area contributed by atoms with Crippen molar-refractivity contribution in [2.75, 3.05) is 17.2 Å². The third-order valence-corrected chi connectivity index (χ3v) is 2.89. The van der Waals surface area contributed by atoms with E-state index in [2.05, 4.69) is 24.5 Å². The minimum atomic E-state index is -0.0894. The summed E-state index contributed by atoms with van der Waals surface area (Å²) in [5, 5.41) is 6.23. The van der Waals surface area contributed by atoms with Crippen LogP contribution >= 0.6 is 0 Å². The summed E-state index contributed by atoms with van der Waals surface area (Å²) in [7, 11) is 0. The third kappa shape index (κ3) is 4.12. The van der Waals surface area contributed by atoms with Gasteiger partial charge in [0, 0.05) is 23.5 Å². The van der Waals surface area contributed by atoms with Crippen molar-refractivity contribution in [2.45, 2.75) is 13.8 Å². The fraction of sp³-hybridized carbons (Fsp3) is 0.235. The topological polar surface area (TPSA) is 41.1 Å². The molecule has 0 fully saturated rings. The highest BCUT2D eigenvalue weighted by Crippen LogP contribution is 2.15. The molecule has 0 saturated carbocycles. The Labute approximate surface area is 120 Å². The molecule has 0 atom stereocenters. The quantitative estimate of drug-likeness (QED) is 0.860. The van der Waals surface area contributed by atoms with Gasteiger partial charge in [-0.3, -0.25) is 4.79 Å². The molecule has 0 saturated heterocycles. The zero-order valence-corrected chi connectivity index (χ0v) is 11.9. The van der Waals surface area contributed by atoms with Gasteiger partial charge in [-0.15, -0.1) is 0 Å². The van der Waals surface area contributed by atoms with Gasteiger partial charge in [0.15, 0.2) is 0 Å². The molecule has 0 radical (unpaired) electrons. The maximum Gasteiger partial charge on any atom is 0.255 e. The van der Waals surface area contributed by atoms with E-state index in [1.54, 1.807) is 12.1 Å². The number of nitrogens with one attached hydrogen (secondary N) is 2. The Morgan fingerprint density at radius 1 is 0.950 bits per heavy atom. The molecule has 3 nitrogen and oxygen atoms in total. The Hall–Kier alpha value is -2.29. The van der Waals surface area contributed by atoms with Crippen molar-refractivity contribution < 1.29 is 4.79 Å². The number of hydrogen-bond acceptors (Lipinski definition) is 2. The van der Waals surface area contributed by atoms with E-state index >= 15 is 0 Å². The lowest BCUT2D eigenvalue weighted by Crippen LogP contribution is -2.12. The largest absolute Gasteiger partial charge is 0.385 e. The molecule has 2 N–H and O–H groups in total. The molecule has 2 rings (SSSR count). The number of rotatable bonds is 5. The van der Waals surface area contributed by atoms with Gasteiger partial charge in [-0.25, -0.2) is 0 Å². The van der Waals surface area contributed by atoms with Crippen LogP contribution in [0.25, 0.3) is 0 Å². The van der Waals surface area contributed by atoms with E-state index < -0.39 is 0 Å². The zero-order valence-electron chi connectivity index (χ0n) is 11.9. The highest BCUT2D eigenvalue weighted by Gasteiger charge is 2.04. The summed E-state index contributed by atoms with van der Waals surface area (Å²) in [6.45, 7) is 5.28. The Morgan fingerprint density at radius 2 is 1.55 bits per heavy atom. The minimum absolute atomic E-state index is 0.0894. The summed E-state index contributed by atoms with van der Waals surface area (Å²) in [5.41, 5.74) is 2.53. The summed E-state index contributed by atoms with van der Waals surface area (Å²) >= 11 is 0. The van der Waals surface area contributed by atoms with Crippen LogP contribution < -0.4 is 10.6 Å².